The van der Waals surface area contributed by atoms with E-state index in [2.05, 4.69) is 4.74 Å². The van der Waals surface area contributed by atoms with Crippen LogP contribution in [0.4, 0.5) is 0 Å². The van der Waals surface area contributed by atoms with Crippen molar-refractivity contribution in [3.8, 4) is 0 Å². The van der Waals surface area contributed by atoms with Crippen LogP contribution in [0.2, 0.25) is 0 Å². The molecular formula is C7H8O4. The molecule has 0 radical (unpaired) electrons. The van der Waals surface area contributed by atoms with Crippen LogP contribution in [0, 0.1) is 0 Å². The number of cyclic esters (lactones) is 1. The SMILES string of the molecule is O=C1CCC(=O)OCC(=O)C1. The molecule has 0 bridgehead atoms. The molecule has 0 unspecified atom stereocenters. The Morgan fingerprint density at radius 2 is 1.73 bits per heavy atom. The van der Waals surface area contributed by atoms with Gasteiger partial charge in [0, 0.05) is 6.42 Å². The highest BCUT2D eigenvalue weighted by molar-refractivity contribution is 6.01. The zero-order valence-electron chi connectivity index (χ0n) is 5.96. The summed E-state index contributed by atoms with van der Waals surface area (Å²) in [6, 6.07) is 0. The molecule has 0 spiro atoms. The van der Waals surface area contributed by atoms with Crippen LogP contribution in [0.1, 0.15) is 19.3 Å². The van der Waals surface area contributed by atoms with E-state index in [-0.39, 0.29) is 37.4 Å². The Balaban J connectivity index is 2.53. The molecule has 4 nitrogen and oxygen atoms in total. The molecule has 60 valence electrons. The lowest BCUT2D eigenvalue weighted by Crippen LogP contribution is -2.21. The molecule has 1 saturated heterocycles. The lowest BCUT2D eigenvalue weighted by Gasteiger charge is -2.06. The minimum atomic E-state index is -0.466. The number of esters is 1. The van der Waals surface area contributed by atoms with Crippen molar-refractivity contribution in [1.82, 2.24) is 0 Å². The first-order valence-electron chi connectivity index (χ1n) is 3.37. The van der Waals surface area contributed by atoms with Gasteiger partial charge in [0.25, 0.3) is 0 Å². The number of Topliss-reactive ketones (excluding diaryl/α,β-unsaturated/α-hetero) is 2. The number of hydrogen-bond donors (Lipinski definition) is 0. The Kier molecular flexibility index (Phi) is 2.36. The fourth-order valence-corrected chi connectivity index (χ4v) is 0.834. The quantitative estimate of drug-likeness (QED) is 0.361. The minimum absolute atomic E-state index is 0.0900. The maximum Gasteiger partial charge on any atom is 0.306 e. The van der Waals surface area contributed by atoms with Crippen molar-refractivity contribution in [1.29, 1.82) is 0 Å². The third-order valence-electron chi connectivity index (χ3n) is 1.40. The van der Waals surface area contributed by atoms with Crippen LogP contribution < -0.4 is 0 Å². The lowest BCUT2D eigenvalue weighted by atomic mass is 10.1. The monoisotopic (exact) mass is 156 g/mol. The molecule has 0 aromatic rings. The average Bonchev–Trinajstić information content (AvgIpc) is 1.95. The summed E-state index contributed by atoms with van der Waals surface area (Å²) < 4.78 is 4.50. The van der Waals surface area contributed by atoms with Crippen molar-refractivity contribution in [3.63, 3.8) is 0 Å². The average molecular weight is 156 g/mol. The summed E-state index contributed by atoms with van der Waals surface area (Å²) in [5.41, 5.74) is 0. The molecule has 0 aliphatic carbocycles. The van der Waals surface area contributed by atoms with Gasteiger partial charge in [-0.05, 0) is 0 Å². The molecule has 0 N–H and O–H groups in total. The molecule has 1 heterocycles. The summed E-state index contributed by atoms with van der Waals surface area (Å²) in [5, 5.41) is 0. The van der Waals surface area contributed by atoms with E-state index < -0.39 is 5.97 Å². The number of hydrogen-bond acceptors (Lipinski definition) is 4. The molecule has 0 aromatic carbocycles. The predicted molar refractivity (Wildman–Crippen MR) is 34.8 cm³/mol. The van der Waals surface area contributed by atoms with E-state index >= 15 is 0 Å². The second-order valence-electron chi connectivity index (χ2n) is 2.41. The van der Waals surface area contributed by atoms with Crippen molar-refractivity contribution in [2.75, 3.05) is 6.61 Å². The van der Waals surface area contributed by atoms with Crippen LogP contribution in [0.15, 0.2) is 0 Å². The van der Waals surface area contributed by atoms with Gasteiger partial charge in [-0.2, -0.15) is 0 Å². The lowest BCUT2D eigenvalue weighted by molar-refractivity contribution is -0.151. The Hall–Kier alpha value is -1.19. The maximum atomic E-state index is 10.8. The smallest absolute Gasteiger partial charge is 0.306 e. The largest absolute Gasteiger partial charge is 0.458 e. The molecule has 1 rings (SSSR count). The predicted octanol–water partition coefficient (Wildman–Crippen LogP) is -0.148. The fraction of sp³-hybridized carbons (Fsp3) is 0.571. The zero-order valence-corrected chi connectivity index (χ0v) is 5.96. The van der Waals surface area contributed by atoms with Gasteiger partial charge in [0.05, 0.1) is 12.8 Å². The number of ether oxygens (including phenoxy) is 1. The summed E-state index contributed by atoms with van der Waals surface area (Å²) in [5.74, 6) is -0.957. The van der Waals surface area contributed by atoms with Crippen molar-refractivity contribution < 1.29 is 19.1 Å². The van der Waals surface area contributed by atoms with E-state index in [4.69, 9.17) is 0 Å². The molecule has 0 atom stereocenters. The van der Waals surface area contributed by atoms with Gasteiger partial charge in [-0.1, -0.05) is 0 Å². The normalized spacial score (nSPS) is 20.5. The first-order chi connectivity index (χ1) is 5.18. The van der Waals surface area contributed by atoms with Gasteiger partial charge >= 0.3 is 5.97 Å². The fourth-order valence-electron chi connectivity index (χ4n) is 0.834. The van der Waals surface area contributed by atoms with Crippen molar-refractivity contribution >= 4 is 17.5 Å². The zero-order chi connectivity index (χ0) is 8.27. The van der Waals surface area contributed by atoms with Gasteiger partial charge in [-0.25, -0.2) is 0 Å². The van der Waals surface area contributed by atoms with Gasteiger partial charge in [0.1, 0.15) is 12.4 Å². The molecule has 0 saturated carbocycles. The topological polar surface area (TPSA) is 60.4 Å². The molecule has 1 fully saturated rings. The van der Waals surface area contributed by atoms with E-state index in [9.17, 15) is 14.4 Å². The maximum absolute atomic E-state index is 10.8. The van der Waals surface area contributed by atoms with Crippen LogP contribution >= 0.6 is 0 Å². The summed E-state index contributed by atoms with van der Waals surface area (Å²) >= 11 is 0. The van der Waals surface area contributed by atoms with Crippen LogP contribution in [0.3, 0.4) is 0 Å². The molecule has 4 heteroatoms. The number of carbonyl (C=O) groups excluding carboxylic acids is 3. The summed E-state index contributed by atoms with van der Waals surface area (Å²) in [6.07, 6.45) is 0.143. The Morgan fingerprint density at radius 1 is 1.00 bits per heavy atom. The van der Waals surface area contributed by atoms with E-state index in [1.165, 1.54) is 0 Å². The summed E-state index contributed by atoms with van der Waals surface area (Å²) in [7, 11) is 0. The molecule has 0 amide bonds. The third-order valence-corrected chi connectivity index (χ3v) is 1.40. The van der Waals surface area contributed by atoms with Crippen molar-refractivity contribution in [2.45, 2.75) is 19.3 Å². The van der Waals surface area contributed by atoms with Crippen molar-refractivity contribution in [3.05, 3.63) is 0 Å². The highest BCUT2D eigenvalue weighted by Crippen LogP contribution is 2.02. The van der Waals surface area contributed by atoms with E-state index in [0.717, 1.165) is 0 Å². The Morgan fingerprint density at radius 3 is 2.45 bits per heavy atom. The van der Waals surface area contributed by atoms with Gasteiger partial charge < -0.3 is 4.74 Å². The summed E-state index contributed by atoms with van der Waals surface area (Å²) in [4.78, 5) is 32.1. The standard InChI is InChI=1S/C7H8O4/c8-5-1-2-7(10)11-4-6(9)3-5/h1-4H2. The van der Waals surface area contributed by atoms with Gasteiger partial charge in [0.2, 0.25) is 0 Å². The molecule has 1 aliphatic rings. The molecule has 11 heavy (non-hydrogen) atoms. The number of ketones is 2. The van der Waals surface area contributed by atoms with E-state index in [1.807, 2.05) is 0 Å². The Labute approximate surface area is 63.5 Å². The van der Waals surface area contributed by atoms with E-state index in [0.29, 0.717) is 0 Å². The van der Waals surface area contributed by atoms with Gasteiger partial charge in [-0.3, -0.25) is 14.4 Å². The van der Waals surface area contributed by atoms with Gasteiger partial charge in [0.15, 0.2) is 5.78 Å². The molecule has 0 aromatic heterocycles. The van der Waals surface area contributed by atoms with Crippen LogP contribution in [0.25, 0.3) is 0 Å². The number of carbonyl (C=O) groups is 3. The molecule has 1 aliphatic heterocycles. The first-order valence-corrected chi connectivity index (χ1v) is 3.37. The molecular weight excluding hydrogens is 148 g/mol. The first kappa shape index (κ1) is 7.91. The van der Waals surface area contributed by atoms with Crippen LogP contribution in [-0.2, 0) is 19.1 Å². The third kappa shape index (κ3) is 2.49. The minimum Gasteiger partial charge on any atom is -0.458 e. The summed E-state index contributed by atoms with van der Waals surface area (Å²) in [6.45, 7) is -0.245. The van der Waals surface area contributed by atoms with Crippen LogP contribution in [-0.4, -0.2) is 24.1 Å². The van der Waals surface area contributed by atoms with Gasteiger partial charge in [-0.15, -0.1) is 0 Å². The van der Waals surface area contributed by atoms with E-state index in [1.54, 1.807) is 0 Å². The highest BCUT2D eigenvalue weighted by Gasteiger charge is 2.17. The van der Waals surface area contributed by atoms with Crippen LogP contribution in [0.5, 0.6) is 0 Å². The van der Waals surface area contributed by atoms with Crippen molar-refractivity contribution in [2.24, 2.45) is 0 Å². The second-order valence-corrected chi connectivity index (χ2v) is 2.41. The Bertz CT molecular complexity index is 186. The highest BCUT2D eigenvalue weighted by atomic mass is 16.5. The second kappa shape index (κ2) is 3.27. The number of rotatable bonds is 0.